The van der Waals surface area contributed by atoms with Gasteiger partial charge in [-0.2, -0.15) is 0 Å². The van der Waals surface area contributed by atoms with E-state index in [1.807, 2.05) is 0 Å². The second-order valence-electron chi connectivity index (χ2n) is 5.60. The van der Waals surface area contributed by atoms with Gasteiger partial charge in [0.1, 0.15) is 22.9 Å². The van der Waals surface area contributed by atoms with Crippen LogP contribution in [0.3, 0.4) is 0 Å². The fraction of sp³-hybridized carbons (Fsp3) is 0.278. The number of rotatable bonds is 4. The summed E-state index contributed by atoms with van der Waals surface area (Å²) in [7, 11) is 0. The molecule has 1 aliphatic rings. The normalized spacial score (nSPS) is 14.7. The minimum atomic E-state index is -0.885. The van der Waals surface area contributed by atoms with E-state index in [1.54, 1.807) is 24.3 Å². The molecule has 5 heteroatoms. The highest BCUT2D eigenvalue weighted by molar-refractivity contribution is 6.04. The summed E-state index contributed by atoms with van der Waals surface area (Å²) in [5, 5.41) is 2.49. The number of halogens is 2. The second-order valence-corrected chi connectivity index (χ2v) is 5.60. The highest BCUT2D eigenvalue weighted by Gasteiger charge is 2.18. The molecule has 0 bridgehead atoms. The van der Waals surface area contributed by atoms with Gasteiger partial charge in [-0.05, 0) is 62.1 Å². The first-order valence-electron chi connectivity index (χ1n) is 7.65. The van der Waals surface area contributed by atoms with Gasteiger partial charge in [0.25, 0.3) is 5.91 Å². The molecule has 0 heterocycles. The van der Waals surface area contributed by atoms with E-state index in [2.05, 4.69) is 5.32 Å². The number of amides is 1. The highest BCUT2D eigenvalue weighted by Crippen LogP contribution is 2.25. The largest absolute Gasteiger partial charge is 0.490 e. The van der Waals surface area contributed by atoms with Gasteiger partial charge < -0.3 is 10.1 Å². The second kappa shape index (κ2) is 6.77. The van der Waals surface area contributed by atoms with Crippen LogP contribution in [0.1, 0.15) is 36.0 Å². The number of hydrogen-bond donors (Lipinski definition) is 1. The summed E-state index contributed by atoms with van der Waals surface area (Å²) in [6.45, 7) is 0. The quantitative estimate of drug-likeness (QED) is 0.899. The molecule has 1 N–H and O–H groups in total. The molecule has 1 aliphatic carbocycles. The molecule has 1 amide bonds. The SMILES string of the molecule is O=C(Nc1ccc(OC2CCCC2)cc1)c1c(F)cccc1F. The molecule has 120 valence electrons. The lowest BCUT2D eigenvalue weighted by atomic mass is 10.1. The molecule has 0 aliphatic heterocycles. The van der Waals surface area contributed by atoms with Crippen molar-refractivity contribution >= 4 is 11.6 Å². The minimum Gasteiger partial charge on any atom is -0.490 e. The predicted molar refractivity (Wildman–Crippen MR) is 83.6 cm³/mol. The molecule has 0 atom stereocenters. The summed E-state index contributed by atoms with van der Waals surface area (Å²) in [6, 6.07) is 10.1. The van der Waals surface area contributed by atoms with Crippen molar-refractivity contribution in [2.24, 2.45) is 0 Å². The third kappa shape index (κ3) is 3.67. The Kier molecular flexibility index (Phi) is 4.55. The summed E-state index contributed by atoms with van der Waals surface area (Å²) < 4.78 is 33.0. The first-order valence-corrected chi connectivity index (χ1v) is 7.65. The third-order valence-electron chi connectivity index (χ3n) is 3.91. The Morgan fingerprint density at radius 1 is 1.00 bits per heavy atom. The van der Waals surface area contributed by atoms with Gasteiger partial charge in [0, 0.05) is 5.69 Å². The Labute approximate surface area is 133 Å². The molecule has 2 aromatic carbocycles. The molecule has 0 saturated heterocycles. The molecule has 1 saturated carbocycles. The maximum atomic E-state index is 13.6. The lowest BCUT2D eigenvalue weighted by Gasteiger charge is -2.13. The Morgan fingerprint density at radius 2 is 1.61 bits per heavy atom. The molecular weight excluding hydrogens is 300 g/mol. The number of carbonyl (C=O) groups is 1. The van der Waals surface area contributed by atoms with Crippen LogP contribution >= 0.6 is 0 Å². The van der Waals surface area contributed by atoms with E-state index < -0.39 is 23.1 Å². The van der Waals surface area contributed by atoms with E-state index in [1.165, 1.54) is 18.9 Å². The molecule has 2 aromatic rings. The minimum absolute atomic E-state index is 0.253. The van der Waals surface area contributed by atoms with Gasteiger partial charge in [-0.25, -0.2) is 8.78 Å². The van der Waals surface area contributed by atoms with Gasteiger partial charge in [0.15, 0.2) is 0 Å². The number of nitrogens with one attached hydrogen (secondary N) is 1. The zero-order chi connectivity index (χ0) is 16.2. The van der Waals surface area contributed by atoms with Crippen molar-refractivity contribution in [2.75, 3.05) is 5.32 Å². The van der Waals surface area contributed by atoms with Gasteiger partial charge in [0.2, 0.25) is 0 Å². The van der Waals surface area contributed by atoms with E-state index in [0.717, 1.165) is 30.7 Å². The zero-order valence-electron chi connectivity index (χ0n) is 12.5. The third-order valence-corrected chi connectivity index (χ3v) is 3.91. The molecule has 0 unspecified atom stereocenters. The van der Waals surface area contributed by atoms with Gasteiger partial charge in [-0.3, -0.25) is 4.79 Å². The van der Waals surface area contributed by atoms with Crippen LogP contribution in [-0.4, -0.2) is 12.0 Å². The maximum Gasteiger partial charge on any atom is 0.261 e. The standard InChI is InChI=1S/C18H17F2NO2/c19-15-6-3-7-16(20)17(15)18(22)21-12-8-10-14(11-9-12)23-13-4-1-2-5-13/h3,6-11,13H,1-2,4-5H2,(H,21,22). The van der Waals surface area contributed by atoms with E-state index in [4.69, 9.17) is 4.74 Å². The highest BCUT2D eigenvalue weighted by atomic mass is 19.1. The van der Waals surface area contributed by atoms with E-state index in [0.29, 0.717) is 5.69 Å². The Hall–Kier alpha value is -2.43. The smallest absolute Gasteiger partial charge is 0.261 e. The number of carbonyl (C=O) groups excluding carboxylic acids is 1. The van der Waals surface area contributed by atoms with Crippen LogP contribution in [0, 0.1) is 11.6 Å². The van der Waals surface area contributed by atoms with Gasteiger partial charge in [-0.1, -0.05) is 6.07 Å². The average Bonchev–Trinajstić information content (AvgIpc) is 3.02. The zero-order valence-corrected chi connectivity index (χ0v) is 12.5. The van der Waals surface area contributed by atoms with Crippen LogP contribution in [0.15, 0.2) is 42.5 Å². The predicted octanol–water partition coefficient (Wildman–Crippen LogP) is 4.54. The van der Waals surface area contributed by atoms with Crippen molar-refractivity contribution in [3.8, 4) is 5.75 Å². The van der Waals surface area contributed by atoms with E-state index in [-0.39, 0.29) is 6.10 Å². The number of ether oxygens (including phenoxy) is 1. The lowest BCUT2D eigenvalue weighted by molar-refractivity contribution is 0.101. The van der Waals surface area contributed by atoms with Crippen LogP contribution in [0.5, 0.6) is 5.75 Å². The molecule has 3 rings (SSSR count). The van der Waals surface area contributed by atoms with Crippen LogP contribution in [0.25, 0.3) is 0 Å². The summed E-state index contributed by atoms with van der Waals surface area (Å²) in [4.78, 5) is 12.0. The van der Waals surface area contributed by atoms with Crippen molar-refractivity contribution in [2.45, 2.75) is 31.8 Å². The van der Waals surface area contributed by atoms with Gasteiger partial charge >= 0.3 is 0 Å². The van der Waals surface area contributed by atoms with Crippen molar-refractivity contribution in [1.29, 1.82) is 0 Å². The Balaban J connectivity index is 1.67. The van der Waals surface area contributed by atoms with Crippen LogP contribution in [0.2, 0.25) is 0 Å². The number of benzene rings is 2. The molecule has 23 heavy (non-hydrogen) atoms. The first kappa shape index (κ1) is 15.5. The van der Waals surface area contributed by atoms with E-state index >= 15 is 0 Å². The molecule has 3 nitrogen and oxygen atoms in total. The van der Waals surface area contributed by atoms with Crippen LogP contribution < -0.4 is 10.1 Å². The van der Waals surface area contributed by atoms with Gasteiger partial charge in [-0.15, -0.1) is 0 Å². The summed E-state index contributed by atoms with van der Waals surface area (Å²) in [5.74, 6) is -1.86. The molecule has 0 aromatic heterocycles. The monoisotopic (exact) mass is 317 g/mol. The summed E-state index contributed by atoms with van der Waals surface area (Å²) in [6.07, 6.45) is 4.75. The van der Waals surface area contributed by atoms with Crippen molar-refractivity contribution < 1.29 is 18.3 Å². The molecule has 1 fully saturated rings. The topological polar surface area (TPSA) is 38.3 Å². The maximum absolute atomic E-state index is 13.6. The van der Waals surface area contributed by atoms with Crippen molar-refractivity contribution in [3.63, 3.8) is 0 Å². The van der Waals surface area contributed by atoms with E-state index in [9.17, 15) is 13.6 Å². The first-order chi connectivity index (χ1) is 11.1. The molecule has 0 spiro atoms. The Bertz CT molecular complexity index is 674. The number of hydrogen-bond acceptors (Lipinski definition) is 2. The lowest BCUT2D eigenvalue weighted by Crippen LogP contribution is -2.16. The van der Waals surface area contributed by atoms with Crippen LogP contribution in [-0.2, 0) is 0 Å². The van der Waals surface area contributed by atoms with Crippen molar-refractivity contribution in [3.05, 3.63) is 59.7 Å². The van der Waals surface area contributed by atoms with Gasteiger partial charge in [0.05, 0.1) is 6.10 Å². The number of anilines is 1. The summed E-state index contributed by atoms with van der Waals surface area (Å²) >= 11 is 0. The summed E-state index contributed by atoms with van der Waals surface area (Å²) in [5.41, 5.74) is -0.129. The average molecular weight is 317 g/mol. The van der Waals surface area contributed by atoms with Crippen LogP contribution in [0.4, 0.5) is 14.5 Å². The van der Waals surface area contributed by atoms with Crippen molar-refractivity contribution in [1.82, 2.24) is 0 Å². The fourth-order valence-corrected chi connectivity index (χ4v) is 2.72. The Morgan fingerprint density at radius 3 is 2.22 bits per heavy atom. The fourth-order valence-electron chi connectivity index (χ4n) is 2.72. The molecule has 0 radical (unpaired) electrons. The molecular formula is C18H17F2NO2.